The Labute approximate surface area is 244 Å². The lowest BCUT2D eigenvalue weighted by molar-refractivity contribution is -0.384. The highest BCUT2D eigenvalue weighted by Crippen LogP contribution is 2.54. The van der Waals surface area contributed by atoms with Crippen LogP contribution in [0.1, 0.15) is 16.4 Å². The Bertz CT molecular complexity index is 1800. The largest absolute Gasteiger partial charge is 0.508 e. The van der Waals surface area contributed by atoms with Gasteiger partial charge in [0, 0.05) is 28.6 Å². The average Bonchev–Trinajstić information content (AvgIpc) is 3.41. The van der Waals surface area contributed by atoms with Crippen molar-refractivity contribution in [3.05, 3.63) is 109 Å². The van der Waals surface area contributed by atoms with E-state index in [0.29, 0.717) is 21.2 Å². The number of benzene rings is 3. The molecule has 6 rings (SSSR count). The molecule has 11 nitrogen and oxygen atoms in total. The van der Waals surface area contributed by atoms with Crippen LogP contribution in [0.25, 0.3) is 0 Å². The highest BCUT2D eigenvalue weighted by atomic mass is 32.2. The standard InChI is InChI=1S/C28H19FN4O7S2/c29-15-3-5-16(6-4-15)30-20(35)13-31-27-24(42-28(31)38)21(14-1-11-19(34)12-2-14)22-23(41-27)26(37)32(25(22)36)17-7-9-18(10-8-17)33(39)40/h1-12,21-23,34H,13H2,(H,30,35)/t21-,22+,23-/m0/s1. The van der Waals surface area contributed by atoms with Gasteiger partial charge in [0.05, 0.1) is 21.6 Å². The fourth-order valence-corrected chi connectivity index (χ4v) is 7.92. The van der Waals surface area contributed by atoms with E-state index >= 15 is 0 Å². The first-order valence-corrected chi connectivity index (χ1v) is 14.2. The minimum Gasteiger partial charge on any atom is -0.508 e. The van der Waals surface area contributed by atoms with Crippen LogP contribution in [0.5, 0.6) is 5.75 Å². The molecule has 3 amide bonds. The first-order chi connectivity index (χ1) is 20.1. The average molecular weight is 607 g/mol. The minimum atomic E-state index is -0.959. The normalized spacial score (nSPS) is 19.4. The fourth-order valence-electron chi connectivity index (χ4n) is 5.15. The lowest BCUT2D eigenvalue weighted by Gasteiger charge is -2.30. The number of fused-ring (bicyclic) bond motifs is 2. The number of nitrogens with one attached hydrogen (secondary N) is 1. The van der Waals surface area contributed by atoms with E-state index in [-0.39, 0.29) is 23.7 Å². The number of hydrogen-bond acceptors (Lipinski definition) is 9. The van der Waals surface area contributed by atoms with E-state index in [0.717, 1.165) is 28.0 Å². The van der Waals surface area contributed by atoms with Gasteiger partial charge in [-0.1, -0.05) is 35.2 Å². The summed E-state index contributed by atoms with van der Waals surface area (Å²) in [4.78, 5) is 65.2. The SMILES string of the molecule is O=C(Cn1c2c(sc1=O)[C@@H](c1ccc(O)cc1)[C@H]1C(=O)N(c3ccc([N+](=O)[O-])cc3)C(=O)[C@H]1S2)Nc1ccc(F)cc1. The molecule has 3 heterocycles. The number of nitro benzene ring substituents is 1. The number of nitrogens with zero attached hydrogens (tertiary/aromatic N) is 3. The number of amides is 3. The summed E-state index contributed by atoms with van der Waals surface area (Å²) in [6.45, 7) is -0.386. The summed E-state index contributed by atoms with van der Waals surface area (Å²) in [5, 5.41) is 23.0. The predicted octanol–water partition coefficient (Wildman–Crippen LogP) is 4.10. The van der Waals surface area contributed by atoms with Crippen molar-refractivity contribution in [1.29, 1.82) is 0 Å². The van der Waals surface area contributed by atoms with Crippen LogP contribution in [0.3, 0.4) is 0 Å². The zero-order chi connectivity index (χ0) is 29.7. The number of hydrogen-bond donors (Lipinski definition) is 2. The summed E-state index contributed by atoms with van der Waals surface area (Å²) in [5.41, 5.74) is 0.898. The van der Waals surface area contributed by atoms with Crippen LogP contribution in [-0.4, -0.2) is 37.6 Å². The van der Waals surface area contributed by atoms with Crippen LogP contribution >= 0.6 is 23.1 Å². The van der Waals surface area contributed by atoms with Crippen molar-refractivity contribution in [3.63, 3.8) is 0 Å². The quantitative estimate of drug-likeness (QED) is 0.189. The van der Waals surface area contributed by atoms with Crippen molar-refractivity contribution in [1.82, 2.24) is 4.57 Å². The Morgan fingerprint density at radius 1 is 0.976 bits per heavy atom. The second-order valence-electron chi connectivity index (χ2n) is 9.60. The second kappa shape index (κ2) is 10.5. The van der Waals surface area contributed by atoms with Gasteiger partial charge >= 0.3 is 4.87 Å². The van der Waals surface area contributed by atoms with E-state index in [9.17, 15) is 38.8 Å². The second-order valence-corrected chi connectivity index (χ2v) is 11.7. The molecule has 212 valence electrons. The van der Waals surface area contributed by atoms with Gasteiger partial charge < -0.3 is 10.4 Å². The molecule has 3 aromatic carbocycles. The Morgan fingerprint density at radius 2 is 1.64 bits per heavy atom. The molecule has 0 unspecified atom stereocenters. The Balaban J connectivity index is 1.39. The zero-order valence-electron chi connectivity index (χ0n) is 21.3. The number of aromatic hydroxyl groups is 1. The lowest BCUT2D eigenvalue weighted by atomic mass is 9.83. The molecular formula is C28H19FN4O7S2. The first-order valence-electron chi connectivity index (χ1n) is 12.5. The molecule has 1 aromatic heterocycles. The maximum absolute atomic E-state index is 13.9. The predicted molar refractivity (Wildman–Crippen MR) is 152 cm³/mol. The molecule has 2 aliphatic heterocycles. The number of thioether (sulfide) groups is 1. The molecule has 3 atom stereocenters. The molecule has 2 aliphatic rings. The number of imide groups is 1. The fraction of sp³-hybridized carbons (Fsp3) is 0.143. The lowest BCUT2D eigenvalue weighted by Crippen LogP contribution is -2.33. The Morgan fingerprint density at radius 3 is 2.29 bits per heavy atom. The van der Waals surface area contributed by atoms with Gasteiger partial charge in [0.25, 0.3) is 5.69 Å². The number of carbonyl (C=O) groups is 3. The number of halogens is 1. The topological polar surface area (TPSA) is 152 Å². The summed E-state index contributed by atoms with van der Waals surface area (Å²) in [5.74, 6) is -3.78. The molecule has 42 heavy (non-hydrogen) atoms. The molecule has 1 saturated heterocycles. The molecule has 0 spiro atoms. The number of phenols is 1. The molecule has 14 heteroatoms. The van der Waals surface area contributed by atoms with Crippen LogP contribution in [-0.2, 0) is 20.9 Å². The highest BCUT2D eigenvalue weighted by molar-refractivity contribution is 8.00. The van der Waals surface area contributed by atoms with Gasteiger partial charge in [-0.05, 0) is 54.1 Å². The first kappa shape index (κ1) is 27.4. The van der Waals surface area contributed by atoms with Gasteiger partial charge in [0.15, 0.2) is 0 Å². The number of aromatic nitrogens is 1. The molecule has 0 radical (unpaired) electrons. The van der Waals surface area contributed by atoms with Gasteiger partial charge in [-0.25, -0.2) is 9.29 Å². The van der Waals surface area contributed by atoms with Crippen molar-refractivity contribution in [2.45, 2.75) is 22.7 Å². The molecule has 0 aliphatic carbocycles. The van der Waals surface area contributed by atoms with E-state index in [2.05, 4.69) is 5.32 Å². The van der Waals surface area contributed by atoms with Crippen molar-refractivity contribution in [2.24, 2.45) is 5.92 Å². The molecule has 1 fully saturated rings. The third-order valence-electron chi connectivity index (χ3n) is 7.05. The molecule has 4 aromatic rings. The van der Waals surface area contributed by atoms with Gasteiger partial charge in [0.2, 0.25) is 17.7 Å². The number of rotatable bonds is 6. The zero-order valence-corrected chi connectivity index (χ0v) is 22.9. The van der Waals surface area contributed by atoms with E-state index in [1.165, 1.54) is 65.2 Å². The smallest absolute Gasteiger partial charge is 0.308 e. The van der Waals surface area contributed by atoms with Crippen LogP contribution in [0, 0.1) is 21.8 Å². The van der Waals surface area contributed by atoms with Crippen LogP contribution < -0.4 is 15.1 Å². The summed E-state index contributed by atoms with van der Waals surface area (Å²) in [6, 6.07) is 16.3. The monoisotopic (exact) mass is 606 g/mol. The van der Waals surface area contributed by atoms with Crippen LogP contribution in [0.4, 0.5) is 21.5 Å². The summed E-state index contributed by atoms with van der Waals surface area (Å²) in [7, 11) is 0. The van der Waals surface area contributed by atoms with E-state index in [4.69, 9.17) is 0 Å². The Hall–Kier alpha value is -4.82. The van der Waals surface area contributed by atoms with Crippen molar-refractivity contribution >= 4 is 57.9 Å². The number of thiazole rings is 1. The third-order valence-corrected chi connectivity index (χ3v) is 9.65. The number of phenolic OH excluding ortho intramolecular Hbond substituents is 1. The van der Waals surface area contributed by atoms with Crippen molar-refractivity contribution in [2.75, 3.05) is 10.2 Å². The highest BCUT2D eigenvalue weighted by Gasteiger charge is 2.56. The van der Waals surface area contributed by atoms with Crippen LogP contribution in [0.15, 0.2) is 82.6 Å². The molecular weight excluding hydrogens is 587 g/mol. The van der Waals surface area contributed by atoms with Crippen LogP contribution in [0.2, 0.25) is 0 Å². The van der Waals surface area contributed by atoms with Gasteiger partial charge in [-0.15, -0.1) is 0 Å². The van der Waals surface area contributed by atoms with E-state index in [1.54, 1.807) is 12.1 Å². The van der Waals surface area contributed by atoms with Crippen molar-refractivity contribution in [3.8, 4) is 5.75 Å². The molecule has 2 N–H and O–H groups in total. The van der Waals surface area contributed by atoms with Gasteiger partial charge in [0.1, 0.15) is 23.4 Å². The van der Waals surface area contributed by atoms with Gasteiger partial charge in [-0.3, -0.25) is 33.9 Å². The van der Waals surface area contributed by atoms with Gasteiger partial charge in [-0.2, -0.15) is 0 Å². The Kier molecular flexibility index (Phi) is 6.86. The third kappa shape index (κ3) is 4.73. The summed E-state index contributed by atoms with van der Waals surface area (Å²) >= 11 is 1.89. The maximum atomic E-state index is 13.9. The number of anilines is 2. The van der Waals surface area contributed by atoms with E-state index < -0.39 is 50.4 Å². The molecule has 0 saturated carbocycles. The minimum absolute atomic E-state index is 0.00902. The maximum Gasteiger partial charge on any atom is 0.308 e. The van der Waals surface area contributed by atoms with E-state index in [1.807, 2.05) is 0 Å². The number of non-ortho nitro benzene ring substituents is 1. The summed E-state index contributed by atoms with van der Waals surface area (Å²) < 4.78 is 14.5. The van der Waals surface area contributed by atoms with Crippen molar-refractivity contribution < 1.29 is 28.8 Å². The summed E-state index contributed by atoms with van der Waals surface area (Å²) in [6.07, 6.45) is 0. The molecule has 0 bridgehead atoms. The number of nitro groups is 1. The number of carbonyl (C=O) groups excluding carboxylic acids is 3.